The van der Waals surface area contributed by atoms with E-state index in [2.05, 4.69) is 29.2 Å². The van der Waals surface area contributed by atoms with Crippen LogP contribution in [-0.2, 0) is 0 Å². The molecule has 174 valence electrons. The maximum absolute atomic E-state index is 13.7. The van der Waals surface area contributed by atoms with Crippen LogP contribution < -0.4 is 5.56 Å². The lowest BCUT2D eigenvalue weighted by Gasteiger charge is -2.04. The molecule has 5 heteroatoms. The van der Waals surface area contributed by atoms with Crippen LogP contribution in [0.25, 0.3) is 72.0 Å². The van der Waals surface area contributed by atoms with Crippen LogP contribution in [0.1, 0.15) is 0 Å². The lowest BCUT2D eigenvalue weighted by Crippen LogP contribution is -2.12. The van der Waals surface area contributed by atoms with Gasteiger partial charge in [0.05, 0.1) is 10.9 Å². The smallest absolute Gasteiger partial charge is 0.310 e. The van der Waals surface area contributed by atoms with Gasteiger partial charge >= 0.3 is 5.84 Å². The molecule has 0 aliphatic rings. The highest BCUT2D eigenvalue weighted by Gasteiger charge is 2.19. The zero-order chi connectivity index (χ0) is 24.5. The Hall–Kier alpha value is -5.16. The second-order valence-corrected chi connectivity index (χ2v) is 9.20. The van der Waals surface area contributed by atoms with Gasteiger partial charge in [0.25, 0.3) is 5.56 Å². The highest BCUT2D eigenvalue weighted by Crippen LogP contribution is 2.36. The molecule has 5 nitrogen and oxygen atoms in total. The minimum Gasteiger partial charge on any atom is -0.454 e. The van der Waals surface area contributed by atoms with Crippen molar-refractivity contribution in [3.8, 4) is 22.3 Å². The van der Waals surface area contributed by atoms with E-state index in [9.17, 15) is 4.79 Å². The van der Waals surface area contributed by atoms with E-state index in [1.807, 2.05) is 84.9 Å². The first-order chi connectivity index (χ1) is 18.2. The number of nitrogens with zero attached hydrogens (tertiary/aromatic N) is 2. The second kappa shape index (κ2) is 7.42. The highest BCUT2D eigenvalue weighted by molar-refractivity contribution is 6.14. The van der Waals surface area contributed by atoms with Gasteiger partial charge in [0.1, 0.15) is 16.7 Å². The average Bonchev–Trinajstić information content (AvgIpc) is 3.51. The van der Waals surface area contributed by atoms with Gasteiger partial charge in [-0.3, -0.25) is 4.79 Å². The predicted molar refractivity (Wildman–Crippen MR) is 147 cm³/mol. The molecular formula is C32H18N2O3. The maximum atomic E-state index is 13.7. The number of fused-ring (bicyclic) bond motifs is 8. The average molecular weight is 479 g/mol. The van der Waals surface area contributed by atoms with E-state index in [0.29, 0.717) is 27.6 Å². The number of rotatable bonds is 2. The fraction of sp³-hybridized carbons (Fsp3) is 0. The first kappa shape index (κ1) is 20.1. The number of hydrogen-bond donors (Lipinski definition) is 0. The third-order valence-corrected chi connectivity index (χ3v) is 7.05. The van der Waals surface area contributed by atoms with E-state index < -0.39 is 0 Å². The fourth-order valence-electron chi connectivity index (χ4n) is 5.25. The minimum absolute atomic E-state index is 0.184. The van der Waals surface area contributed by atoms with Crippen LogP contribution in [0.2, 0.25) is 0 Å². The summed E-state index contributed by atoms with van der Waals surface area (Å²) in [5.41, 5.74) is 7.24. The van der Waals surface area contributed by atoms with Crippen molar-refractivity contribution in [3.05, 3.63) is 120 Å². The monoisotopic (exact) mass is 478 g/mol. The normalized spacial score (nSPS) is 11.9. The number of aromatic nitrogens is 2. The molecule has 0 atom stereocenters. The Morgan fingerprint density at radius 1 is 0.568 bits per heavy atom. The Labute approximate surface area is 209 Å². The van der Waals surface area contributed by atoms with Crippen molar-refractivity contribution in [2.45, 2.75) is 0 Å². The Morgan fingerprint density at radius 3 is 2.00 bits per heavy atom. The third kappa shape index (κ3) is 2.91. The minimum atomic E-state index is -0.184. The fourth-order valence-corrected chi connectivity index (χ4v) is 5.25. The van der Waals surface area contributed by atoms with Crippen LogP contribution in [-0.4, -0.2) is 9.38 Å². The summed E-state index contributed by atoms with van der Waals surface area (Å²) in [6, 6.07) is 36.0. The van der Waals surface area contributed by atoms with Crippen LogP contribution in [0.15, 0.2) is 123 Å². The number of imidazole rings is 1. The quantitative estimate of drug-likeness (QED) is 0.254. The van der Waals surface area contributed by atoms with Gasteiger partial charge in [-0.2, -0.15) is 4.98 Å². The summed E-state index contributed by atoms with van der Waals surface area (Å²) in [6.07, 6.45) is 0. The van der Waals surface area contributed by atoms with Crippen LogP contribution in [0.4, 0.5) is 0 Å². The summed E-state index contributed by atoms with van der Waals surface area (Å²) in [5.74, 6) is 0.246. The van der Waals surface area contributed by atoms with E-state index >= 15 is 0 Å². The van der Waals surface area contributed by atoms with E-state index in [1.165, 1.54) is 4.40 Å². The molecule has 0 saturated carbocycles. The standard InChI is InChI=1S/C32H18N2O3/c35-31-24-13-11-22(20-9-5-2-6-10-20)18-28(24)37-32-33-26-15-14-23-25-17-21(19-7-3-1-4-8-19)12-16-27(25)36-30(23)29(26)34(31)32/h1-18H. The Balaban J connectivity index is 1.40. The molecule has 0 aliphatic carbocycles. The van der Waals surface area contributed by atoms with E-state index in [-0.39, 0.29) is 11.4 Å². The molecule has 8 aromatic rings. The van der Waals surface area contributed by atoms with Crippen molar-refractivity contribution in [1.82, 2.24) is 9.38 Å². The molecule has 0 N–H and O–H groups in total. The zero-order valence-corrected chi connectivity index (χ0v) is 19.5. The molecule has 5 aromatic carbocycles. The Morgan fingerprint density at radius 2 is 1.24 bits per heavy atom. The molecule has 0 unspecified atom stereocenters. The first-order valence-corrected chi connectivity index (χ1v) is 12.1. The van der Waals surface area contributed by atoms with Crippen LogP contribution in [0, 0.1) is 0 Å². The lowest BCUT2D eigenvalue weighted by atomic mass is 10.0. The van der Waals surface area contributed by atoms with Crippen molar-refractivity contribution in [2.75, 3.05) is 0 Å². The molecular weight excluding hydrogens is 460 g/mol. The number of benzene rings is 5. The highest BCUT2D eigenvalue weighted by atomic mass is 16.4. The Bertz CT molecular complexity index is 2200. The molecule has 37 heavy (non-hydrogen) atoms. The summed E-state index contributed by atoms with van der Waals surface area (Å²) in [6.45, 7) is 0. The van der Waals surface area contributed by atoms with Gasteiger partial charge in [0.15, 0.2) is 5.58 Å². The van der Waals surface area contributed by atoms with Crippen molar-refractivity contribution < 1.29 is 8.83 Å². The molecule has 0 radical (unpaired) electrons. The van der Waals surface area contributed by atoms with Gasteiger partial charge in [0.2, 0.25) is 0 Å². The summed E-state index contributed by atoms with van der Waals surface area (Å²) in [4.78, 5) is 18.4. The van der Waals surface area contributed by atoms with Crippen LogP contribution in [0.3, 0.4) is 0 Å². The van der Waals surface area contributed by atoms with Crippen molar-refractivity contribution in [3.63, 3.8) is 0 Å². The molecule has 0 bridgehead atoms. The van der Waals surface area contributed by atoms with Crippen molar-refractivity contribution in [2.24, 2.45) is 0 Å². The SMILES string of the molecule is O=c1c2ccc(-c3ccccc3)cc2oc2nc3ccc4c5cc(-c6ccccc6)ccc5oc4c3n12. The van der Waals surface area contributed by atoms with Crippen LogP contribution in [0.5, 0.6) is 0 Å². The first-order valence-electron chi connectivity index (χ1n) is 12.1. The van der Waals surface area contributed by atoms with Gasteiger partial charge in [-0.05, 0) is 58.7 Å². The number of furan rings is 1. The molecule has 3 heterocycles. The van der Waals surface area contributed by atoms with Crippen molar-refractivity contribution in [1.29, 1.82) is 0 Å². The molecule has 0 saturated heterocycles. The maximum Gasteiger partial charge on any atom is 0.310 e. The summed E-state index contributed by atoms with van der Waals surface area (Å²) in [5, 5.41) is 2.41. The summed E-state index contributed by atoms with van der Waals surface area (Å²) < 4.78 is 14.0. The molecule has 0 amide bonds. The summed E-state index contributed by atoms with van der Waals surface area (Å²) in [7, 11) is 0. The van der Waals surface area contributed by atoms with Gasteiger partial charge in [-0.25, -0.2) is 4.40 Å². The summed E-state index contributed by atoms with van der Waals surface area (Å²) >= 11 is 0. The van der Waals surface area contributed by atoms with E-state index in [1.54, 1.807) is 0 Å². The third-order valence-electron chi connectivity index (χ3n) is 7.05. The topological polar surface area (TPSA) is 60.7 Å². The second-order valence-electron chi connectivity index (χ2n) is 9.20. The molecule has 0 fully saturated rings. The molecule has 0 spiro atoms. The van der Waals surface area contributed by atoms with Gasteiger partial charge < -0.3 is 8.83 Å². The van der Waals surface area contributed by atoms with Crippen molar-refractivity contribution >= 4 is 49.8 Å². The van der Waals surface area contributed by atoms with Gasteiger partial charge in [-0.1, -0.05) is 72.8 Å². The lowest BCUT2D eigenvalue weighted by molar-refractivity contribution is 0.616. The number of hydrogen-bond acceptors (Lipinski definition) is 4. The van der Waals surface area contributed by atoms with Gasteiger partial charge in [0, 0.05) is 10.8 Å². The van der Waals surface area contributed by atoms with E-state index in [4.69, 9.17) is 8.83 Å². The predicted octanol–water partition coefficient (Wildman–Crippen LogP) is 7.83. The molecule has 3 aromatic heterocycles. The zero-order valence-electron chi connectivity index (χ0n) is 19.5. The molecule has 8 rings (SSSR count). The van der Waals surface area contributed by atoms with E-state index in [0.717, 1.165) is 38.6 Å². The largest absolute Gasteiger partial charge is 0.454 e. The van der Waals surface area contributed by atoms with Gasteiger partial charge in [-0.15, -0.1) is 0 Å². The van der Waals surface area contributed by atoms with Crippen LogP contribution >= 0.6 is 0 Å². The molecule has 0 aliphatic heterocycles. The Kier molecular flexibility index (Phi) is 4.03.